The number of nitrogens with zero attached hydrogens (tertiary/aromatic N) is 2. The van der Waals surface area contributed by atoms with Gasteiger partial charge in [0.2, 0.25) is 0 Å². The molecule has 0 fully saturated rings. The second kappa shape index (κ2) is 5.08. The molecule has 0 bridgehead atoms. The molecule has 2 rings (SSSR count). The van der Waals surface area contributed by atoms with Gasteiger partial charge in [0.25, 0.3) is 0 Å². The maximum atomic E-state index is 12.9. The first-order chi connectivity index (χ1) is 9.81. The summed E-state index contributed by atoms with van der Waals surface area (Å²) in [6.45, 7) is 0. The quantitative estimate of drug-likeness (QED) is 0.793. The molecule has 0 aromatic carbocycles. The standard InChI is InChI=1S/C12H9F3N2O4/c1-20-10(18)8-6-4-3-5-7(12(13,14)15)17(6)16-9(8)11(19)21-2/h3-5H,1-2H3. The van der Waals surface area contributed by atoms with E-state index in [4.69, 9.17) is 0 Å². The van der Waals surface area contributed by atoms with E-state index in [1.807, 2.05) is 0 Å². The lowest BCUT2D eigenvalue weighted by Gasteiger charge is -2.08. The lowest BCUT2D eigenvalue weighted by Crippen LogP contribution is -2.12. The van der Waals surface area contributed by atoms with Crippen LogP contribution in [0.3, 0.4) is 0 Å². The first-order valence-corrected chi connectivity index (χ1v) is 5.56. The highest BCUT2D eigenvalue weighted by Gasteiger charge is 2.36. The Balaban J connectivity index is 2.85. The molecule has 0 atom stereocenters. The van der Waals surface area contributed by atoms with Crippen molar-refractivity contribution in [2.45, 2.75) is 6.18 Å². The number of hydrogen-bond acceptors (Lipinski definition) is 5. The Morgan fingerprint density at radius 3 is 2.29 bits per heavy atom. The third-order valence-electron chi connectivity index (χ3n) is 2.72. The van der Waals surface area contributed by atoms with Gasteiger partial charge in [-0.3, -0.25) is 0 Å². The van der Waals surface area contributed by atoms with Crippen molar-refractivity contribution < 1.29 is 32.2 Å². The molecule has 9 heteroatoms. The van der Waals surface area contributed by atoms with Crippen LogP contribution in [0, 0.1) is 0 Å². The minimum absolute atomic E-state index is 0.197. The van der Waals surface area contributed by atoms with Gasteiger partial charge in [-0.05, 0) is 12.1 Å². The van der Waals surface area contributed by atoms with Gasteiger partial charge in [-0.25, -0.2) is 14.1 Å². The second-order valence-electron chi connectivity index (χ2n) is 3.91. The fourth-order valence-corrected chi connectivity index (χ4v) is 1.83. The molecular formula is C12H9F3N2O4. The van der Waals surface area contributed by atoms with E-state index in [0.717, 1.165) is 26.4 Å². The van der Waals surface area contributed by atoms with Gasteiger partial charge in [-0.1, -0.05) is 6.07 Å². The van der Waals surface area contributed by atoms with Crippen LogP contribution in [-0.2, 0) is 15.7 Å². The predicted octanol–water partition coefficient (Wildman–Crippen LogP) is 1.93. The first kappa shape index (κ1) is 14.8. The lowest BCUT2D eigenvalue weighted by atomic mass is 10.2. The molecule has 6 nitrogen and oxygen atoms in total. The van der Waals surface area contributed by atoms with Gasteiger partial charge in [0.1, 0.15) is 11.3 Å². The molecule has 0 spiro atoms. The van der Waals surface area contributed by atoms with Crippen molar-refractivity contribution >= 4 is 17.5 Å². The van der Waals surface area contributed by atoms with Crippen molar-refractivity contribution in [1.29, 1.82) is 0 Å². The molecule has 0 saturated heterocycles. The van der Waals surface area contributed by atoms with Crippen molar-refractivity contribution in [2.24, 2.45) is 0 Å². The lowest BCUT2D eigenvalue weighted by molar-refractivity contribution is -0.142. The molecule has 0 radical (unpaired) electrons. The topological polar surface area (TPSA) is 69.9 Å². The molecule has 112 valence electrons. The number of esters is 2. The van der Waals surface area contributed by atoms with Crippen molar-refractivity contribution in [1.82, 2.24) is 9.61 Å². The summed E-state index contributed by atoms with van der Waals surface area (Å²) < 4.78 is 48.2. The maximum absolute atomic E-state index is 12.9. The fourth-order valence-electron chi connectivity index (χ4n) is 1.83. The van der Waals surface area contributed by atoms with Crippen LogP contribution in [-0.4, -0.2) is 35.8 Å². The van der Waals surface area contributed by atoms with Gasteiger partial charge in [0.15, 0.2) is 5.69 Å². The number of pyridine rings is 1. The van der Waals surface area contributed by atoms with Gasteiger partial charge in [-0.2, -0.15) is 18.3 Å². The first-order valence-electron chi connectivity index (χ1n) is 5.56. The van der Waals surface area contributed by atoms with Crippen molar-refractivity contribution in [3.63, 3.8) is 0 Å². The van der Waals surface area contributed by atoms with E-state index in [9.17, 15) is 22.8 Å². The zero-order valence-corrected chi connectivity index (χ0v) is 10.9. The van der Waals surface area contributed by atoms with E-state index >= 15 is 0 Å². The summed E-state index contributed by atoms with van der Waals surface area (Å²) in [5, 5.41) is 3.54. The largest absolute Gasteiger partial charge is 0.465 e. The molecule has 0 aliphatic carbocycles. The predicted molar refractivity (Wildman–Crippen MR) is 62.9 cm³/mol. The Labute approximate surface area is 116 Å². The summed E-state index contributed by atoms with van der Waals surface area (Å²) in [5.41, 5.74) is -2.24. The number of hydrogen-bond donors (Lipinski definition) is 0. The van der Waals surface area contributed by atoms with E-state index < -0.39 is 29.5 Å². The zero-order valence-electron chi connectivity index (χ0n) is 10.9. The number of alkyl halides is 3. The average molecular weight is 302 g/mol. The van der Waals surface area contributed by atoms with Crippen LogP contribution in [0.1, 0.15) is 26.5 Å². The van der Waals surface area contributed by atoms with E-state index in [-0.39, 0.29) is 11.1 Å². The normalized spacial score (nSPS) is 11.5. The second-order valence-corrected chi connectivity index (χ2v) is 3.91. The van der Waals surface area contributed by atoms with Gasteiger partial charge < -0.3 is 9.47 Å². The van der Waals surface area contributed by atoms with Crippen LogP contribution in [0.15, 0.2) is 18.2 Å². The van der Waals surface area contributed by atoms with Crippen LogP contribution in [0.5, 0.6) is 0 Å². The number of carbonyl (C=O) groups excluding carboxylic acids is 2. The van der Waals surface area contributed by atoms with Crippen LogP contribution in [0.2, 0.25) is 0 Å². The van der Waals surface area contributed by atoms with E-state index in [1.54, 1.807) is 0 Å². The Morgan fingerprint density at radius 2 is 1.76 bits per heavy atom. The molecule has 2 aromatic rings. The molecule has 0 aliphatic rings. The third kappa shape index (κ3) is 2.41. The average Bonchev–Trinajstić information content (AvgIpc) is 2.83. The van der Waals surface area contributed by atoms with Crippen LogP contribution in [0.25, 0.3) is 5.52 Å². The Bertz CT molecular complexity index is 721. The minimum Gasteiger partial charge on any atom is -0.465 e. The highest BCUT2D eigenvalue weighted by Crippen LogP contribution is 2.31. The van der Waals surface area contributed by atoms with Crippen molar-refractivity contribution in [3.05, 3.63) is 35.2 Å². The summed E-state index contributed by atoms with van der Waals surface area (Å²) in [5.74, 6) is -2.02. The summed E-state index contributed by atoms with van der Waals surface area (Å²) in [6, 6.07) is 3.11. The number of fused-ring (bicyclic) bond motifs is 1. The summed E-state index contributed by atoms with van der Waals surface area (Å²) >= 11 is 0. The van der Waals surface area contributed by atoms with E-state index in [2.05, 4.69) is 14.6 Å². The Morgan fingerprint density at radius 1 is 1.14 bits per heavy atom. The van der Waals surface area contributed by atoms with Gasteiger partial charge >= 0.3 is 18.1 Å². The minimum atomic E-state index is -4.70. The number of aromatic nitrogens is 2. The smallest absolute Gasteiger partial charge is 0.433 e. The third-order valence-corrected chi connectivity index (χ3v) is 2.72. The molecule has 0 N–H and O–H groups in total. The molecule has 0 saturated carbocycles. The van der Waals surface area contributed by atoms with Crippen LogP contribution >= 0.6 is 0 Å². The van der Waals surface area contributed by atoms with E-state index in [0.29, 0.717) is 4.52 Å². The number of methoxy groups -OCH3 is 2. The Kier molecular flexibility index (Phi) is 3.58. The van der Waals surface area contributed by atoms with Crippen molar-refractivity contribution in [3.8, 4) is 0 Å². The molecular weight excluding hydrogens is 293 g/mol. The summed E-state index contributed by atoms with van der Waals surface area (Å²) in [6.07, 6.45) is -4.70. The number of ether oxygens (including phenoxy) is 2. The van der Waals surface area contributed by atoms with E-state index in [1.165, 1.54) is 6.07 Å². The summed E-state index contributed by atoms with van der Waals surface area (Å²) in [4.78, 5) is 23.3. The SMILES string of the molecule is COC(=O)c1nn2c(C(F)(F)F)cccc2c1C(=O)OC. The highest BCUT2D eigenvalue weighted by atomic mass is 19.4. The van der Waals surface area contributed by atoms with Gasteiger partial charge in [0, 0.05) is 0 Å². The van der Waals surface area contributed by atoms with Crippen LogP contribution in [0.4, 0.5) is 13.2 Å². The molecule has 0 aliphatic heterocycles. The monoisotopic (exact) mass is 302 g/mol. The van der Waals surface area contributed by atoms with Crippen molar-refractivity contribution in [2.75, 3.05) is 14.2 Å². The molecule has 21 heavy (non-hydrogen) atoms. The number of halogens is 3. The molecule has 0 unspecified atom stereocenters. The fraction of sp³-hybridized carbons (Fsp3) is 0.250. The number of carbonyl (C=O) groups is 2. The molecule has 0 amide bonds. The molecule has 2 aromatic heterocycles. The van der Waals surface area contributed by atoms with Gasteiger partial charge in [0.05, 0.1) is 19.7 Å². The molecule has 2 heterocycles. The number of rotatable bonds is 2. The Hall–Kier alpha value is -2.58. The zero-order chi connectivity index (χ0) is 15.8. The maximum Gasteiger partial charge on any atom is 0.433 e. The van der Waals surface area contributed by atoms with Crippen LogP contribution < -0.4 is 0 Å². The van der Waals surface area contributed by atoms with Gasteiger partial charge in [-0.15, -0.1) is 0 Å². The summed E-state index contributed by atoms with van der Waals surface area (Å²) in [7, 11) is 2.07. The highest BCUT2D eigenvalue weighted by molar-refractivity contribution is 6.07.